The first-order valence-corrected chi connectivity index (χ1v) is 13.0. The van der Waals surface area contributed by atoms with Crippen molar-refractivity contribution in [3.05, 3.63) is 60.2 Å². The third-order valence-corrected chi connectivity index (χ3v) is 8.47. The van der Waals surface area contributed by atoms with Gasteiger partial charge in [-0.3, -0.25) is 4.79 Å². The summed E-state index contributed by atoms with van der Waals surface area (Å²) in [4.78, 5) is 15.4. The molecule has 1 amide bonds. The van der Waals surface area contributed by atoms with Gasteiger partial charge in [-0.25, -0.2) is 8.42 Å². The average molecular weight is 473 g/mol. The van der Waals surface area contributed by atoms with Crippen LogP contribution in [0.15, 0.2) is 59.5 Å². The summed E-state index contributed by atoms with van der Waals surface area (Å²) in [6, 6.07) is 14.6. The van der Waals surface area contributed by atoms with Crippen molar-refractivity contribution in [2.75, 3.05) is 20.2 Å². The number of amides is 1. The Hall–Kier alpha value is -2.42. The first-order valence-electron chi connectivity index (χ1n) is 11.5. The second-order valence-corrected chi connectivity index (χ2v) is 10.8. The number of aliphatic hydroxyl groups is 1. The zero-order valence-electron chi connectivity index (χ0n) is 18.9. The molecule has 33 heavy (non-hydrogen) atoms. The van der Waals surface area contributed by atoms with Gasteiger partial charge in [0, 0.05) is 19.0 Å². The molecule has 3 atom stereocenters. The number of nitrogens with one attached hydrogen (secondary N) is 1. The third-order valence-electron chi connectivity index (χ3n) is 6.99. The minimum absolute atomic E-state index is 0.0412. The highest BCUT2D eigenvalue weighted by atomic mass is 32.2. The van der Waals surface area contributed by atoms with E-state index in [4.69, 9.17) is 4.74 Å². The van der Waals surface area contributed by atoms with Crippen molar-refractivity contribution in [2.45, 2.75) is 55.1 Å². The van der Waals surface area contributed by atoms with Gasteiger partial charge in [-0.15, -0.1) is 0 Å². The molecule has 0 aromatic heterocycles. The van der Waals surface area contributed by atoms with Crippen molar-refractivity contribution in [3.8, 4) is 5.75 Å². The third kappa shape index (κ3) is 5.39. The maximum absolute atomic E-state index is 13.6. The van der Waals surface area contributed by atoms with E-state index >= 15 is 0 Å². The normalized spacial score (nSPS) is 24.1. The van der Waals surface area contributed by atoms with Gasteiger partial charge in [0.05, 0.1) is 17.6 Å². The number of likely N-dealkylation sites (tertiary alicyclic amines) is 1. The summed E-state index contributed by atoms with van der Waals surface area (Å²) in [6.07, 6.45) is 4.51. The second-order valence-electron chi connectivity index (χ2n) is 9.12. The largest absolute Gasteiger partial charge is 0.497 e. The summed E-state index contributed by atoms with van der Waals surface area (Å²) in [5.41, 5.74) is 0.173. The number of hydrogen-bond acceptors (Lipinski definition) is 5. The van der Waals surface area contributed by atoms with Gasteiger partial charge in [0.15, 0.2) is 0 Å². The van der Waals surface area contributed by atoms with Crippen molar-refractivity contribution >= 4 is 15.9 Å². The molecule has 178 valence electrons. The zero-order valence-corrected chi connectivity index (χ0v) is 19.8. The van der Waals surface area contributed by atoms with E-state index in [2.05, 4.69) is 4.72 Å². The number of sulfonamides is 1. The fourth-order valence-electron chi connectivity index (χ4n) is 5.03. The maximum atomic E-state index is 13.6. The smallest absolute Gasteiger partial charge is 0.241 e. The van der Waals surface area contributed by atoms with Crippen LogP contribution in [0, 0.1) is 5.92 Å². The number of methoxy groups -OCH3 is 1. The van der Waals surface area contributed by atoms with Crippen LogP contribution in [0.4, 0.5) is 0 Å². The van der Waals surface area contributed by atoms with Crippen LogP contribution >= 0.6 is 0 Å². The minimum atomic E-state index is -3.93. The average Bonchev–Trinajstić information content (AvgIpc) is 2.83. The molecule has 2 fully saturated rings. The van der Waals surface area contributed by atoms with Crippen molar-refractivity contribution in [1.82, 2.24) is 9.62 Å². The molecule has 2 aromatic rings. The number of ether oxygens (including phenoxy) is 1. The molecule has 8 heteroatoms. The molecule has 2 aliphatic rings. The van der Waals surface area contributed by atoms with E-state index in [1.54, 1.807) is 17.0 Å². The number of fused-ring (bicyclic) bond motifs is 1. The molecule has 2 N–H and O–H groups in total. The molecule has 0 bridgehead atoms. The minimum Gasteiger partial charge on any atom is -0.497 e. The lowest BCUT2D eigenvalue weighted by molar-refractivity contribution is -0.145. The molecule has 0 radical (unpaired) electrons. The maximum Gasteiger partial charge on any atom is 0.241 e. The fraction of sp³-hybridized carbons (Fsp3) is 0.480. The van der Waals surface area contributed by atoms with Gasteiger partial charge in [0.2, 0.25) is 15.9 Å². The second kappa shape index (κ2) is 9.83. The Kier molecular flexibility index (Phi) is 7.07. The lowest BCUT2D eigenvalue weighted by atomic mass is 9.71. The first kappa shape index (κ1) is 23.7. The summed E-state index contributed by atoms with van der Waals surface area (Å²) in [5.74, 6) is 0.349. The molecule has 2 aromatic carbocycles. The van der Waals surface area contributed by atoms with Crippen molar-refractivity contribution in [1.29, 1.82) is 0 Å². The summed E-state index contributed by atoms with van der Waals surface area (Å²) in [5, 5.41) is 11.0. The van der Waals surface area contributed by atoms with Crippen LogP contribution in [0.2, 0.25) is 0 Å². The predicted molar refractivity (Wildman–Crippen MR) is 125 cm³/mol. The lowest BCUT2D eigenvalue weighted by Crippen LogP contribution is -2.58. The lowest BCUT2D eigenvalue weighted by Gasteiger charge is -2.48. The number of rotatable bonds is 7. The molecule has 4 rings (SSSR count). The van der Waals surface area contributed by atoms with E-state index in [0.717, 1.165) is 31.2 Å². The Labute approximate surface area is 195 Å². The van der Waals surface area contributed by atoms with Gasteiger partial charge >= 0.3 is 0 Å². The predicted octanol–water partition coefficient (Wildman–Crippen LogP) is 2.74. The van der Waals surface area contributed by atoms with Gasteiger partial charge in [0.25, 0.3) is 0 Å². The molecule has 1 aliphatic carbocycles. The topological polar surface area (TPSA) is 95.9 Å². The number of carbonyl (C=O) groups excluding carboxylic acids is 1. The van der Waals surface area contributed by atoms with Crippen LogP contribution in [-0.2, 0) is 21.2 Å². The van der Waals surface area contributed by atoms with E-state index in [1.165, 1.54) is 19.2 Å². The number of carbonyl (C=O) groups is 1. The van der Waals surface area contributed by atoms with E-state index in [0.29, 0.717) is 25.3 Å². The number of benzene rings is 2. The quantitative estimate of drug-likeness (QED) is 0.646. The van der Waals surface area contributed by atoms with E-state index in [-0.39, 0.29) is 23.1 Å². The van der Waals surface area contributed by atoms with Crippen LogP contribution in [-0.4, -0.2) is 56.2 Å². The van der Waals surface area contributed by atoms with Gasteiger partial charge < -0.3 is 14.7 Å². The van der Waals surface area contributed by atoms with Crippen LogP contribution in [0.25, 0.3) is 0 Å². The van der Waals surface area contributed by atoms with Gasteiger partial charge in [-0.05, 0) is 55.5 Å². The van der Waals surface area contributed by atoms with Crippen molar-refractivity contribution in [3.63, 3.8) is 0 Å². The van der Waals surface area contributed by atoms with E-state index in [9.17, 15) is 18.3 Å². The Morgan fingerprint density at radius 1 is 1.15 bits per heavy atom. The van der Waals surface area contributed by atoms with Gasteiger partial charge in [-0.2, -0.15) is 4.72 Å². The SMILES string of the molecule is COc1ccc(S(=O)(=O)N[C@H](Cc2ccccc2)C(=O)N2CC[C@]3(O)CCCC[C@H]3C2)cc1. The van der Waals surface area contributed by atoms with Crippen LogP contribution in [0.5, 0.6) is 5.75 Å². The number of hydrogen-bond donors (Lipinski definition) is 2. The molecule has 0 unspecified atom stereocenters. The van der Waals surface area contributed by atoms with Gasteiger partial charge in [-0.1, -0.05) is 43.2 Å². The zero-order chi connectivity index (χ0) is 23.5. The molecular formula is C25H32N2O5S. The number of nitrogens with zero attached hydrogens (tertiary/aromatic N) is 1. The Morgan fingerprint density at radius 2 is 1.88 bits per heavy atom. The highest BCUT2D eigenvalue weighted by molar-refractivity contribution is 7.89. The molecule has 7 nitrogen and oxygen atoms in total. The Morgan fingerprint density at radius 3 is 2.58 bits per heavy atom. The number of piperidine rings is 1. The summed E-state index contributed by atoms with van der Waals surface area (Å²) >= 11 is 0. The molecule has 1 saturated heterocycles. The monoisotopic (exact) mass is 472 g/mol. The summed E-state index contributed by atoms with van der Waals surface area (Å²) in [6.45, 7) is 0.895. The van der Waals surface area contributed by atoms with E-state index in [1.807, 2.05) is 30.3 Å². The molecule has 0 spiro atoms. The van der Waals surface area contributed by atoms with Crippen LogP contribution in [0.1, 0.15) is 37.7 Å². The van der Waals surface area contributed by atoms with E-state index < -0.39 is 21.7 Å². The molecule has 1 heterocycles. The standard InChI is InChI=1S/C25H32N2O5S/c1-32-21-10-12-22(13-11-21)33(30,31)26-23(17-19-7-3-2-4-8-19)24(28)27-16-15-25(29)14-6-5-9-20(25)18-27/h2-4,7-8,10-13,20,23,26,29H,5-6,9,14-18H2,1H3/t20-,23+,25+/m0/s1. The fourth-order valence-corrected chi connectivity index (χ4v) is 6.22. The molecular weight excluding hydrogens is 440 g/mol. The molecule has 1 saturated carbocycles. The Bertz CT molecular complexity index is 1060. The van der Waals surface area contributed by atoms with Crippen LogP contribution in [0.3, 0.4) is 0 Å². The molecule has 1 aliphatic heterocycles. The van der Waals surface area contributed by atoms with Crippen molar-refractivity contribution < 1.29 is 23.1 Å². The Balaban J connectivity index is 1.56. The summed E-state index contributed by atoms with van der Waals surface area (Å²) in [7, 11) is -2.41. The van der Waals surface area contributed by atoms with Crippen LogP contribution < -0.4 is 9.46 Å². The first-order chi connectivity index (χ1) is 15.8. The summed E-state index contributed by atoms with van der Waals surface area (Å²) < 4.78 is 34.0. The van der Waals surface area contributed by atoms with Gasteiger partial charge in [0.1, 0.15) is 11.8 Å². The highest BCUT2D eigenvalue weighted by Crippen LogP contribution is 2.40. The highest BCUT2D eigenvalue weighted by Gasteiger charge is 2.44. The van der Waals surface area contributed by atoms with Crippen molar-refractivity contribution in [2.24, 2.45) is 5.92 Å².